The quantitative estimate of drug-likeness (QED) is 0.0617. The summed E-state index contributed by atoms with van der Waals surface area (Å²) in [6.45, 7) is 2.26. The number of hydrogen-bond acceptors (Lipinski definition) is 4. The van der Waals surface area contributed by atoms with Crippen LogP contribution in [0.4, 0.5) is 0 Å². The zero-order valence-corrected chi connectivity index (χ0v) is 24.3. The maximum atomic E-state index is 12.5. The first-order valence-electron chi connectivity index (χ1n) is 13.6. The normalized spacial score (nSPS) is 11.1. The van der Waals surface area contributed by atoms with Crippen LogP contribution in [0.3, 0.4) is 0 Å². The van der Waals surface area contributed by atoms with E-state index in [2.05, 4.69) is 33.4 Å². The number of nitrogens with one attached hydrogen (secondary N) is 1. The van der Waals surface area contributed by atoms with Gasteiger partial charge >= 0.3 is 5.97 Å². The van der Waals surface area contributed by atoms with E-state index in [1.807, 2.05) is 0 Å². The van der Waals surface area contributed by atoms with Crippen LogP contribution < -0.4 is 10.2 Å². The molecular weight excluding hydrogens is 552 g/mol. The fourth-order valence-corrected chi connectivity index (χ4v) is 4.62. The van der Waals surface area contributed by atoms with Gasteiger partial charge < -0.3 is 4.74 Å². The van der Waals surface area contributed by atoms with Crippen LogP contribution in [0.25, 0.3) is 0 Å². The fraction of sp³-hybridized carbons (Fsp3) is 0.500. The third-order valence-electron chi connectivity index (χ3n) is 6.17. The molecule has 0 fully saturated rings. The van der Waals surface area contributed by atoms with Gasteiger partial charge in [-0.1, -0.05) is 124 Å². The van der Waals surface area contributed by atoms with E-state index in [1.54, 1.807) is 42.5 Å². The number of carbonyl (C=O) groups excluding carboxylic acids is 2. The molecule has 0 aromatic heterocycles. The molecule has 37 heavy (non-hydrogen) atoms. The molecule has 0 aliphatic carbocycles. The lowest BCUT2D eigenvalue weighted by Gasteiger charge is -2.09. The molecular formula is C30H40BrClN2O3. The Bertz CT molecular complexity index is 997. The number of carbonyl (C=O) groups is 2. The fourth-order valence-electron chi connectivity index (χ4n) is 4.03. The zero-order valence-electron chi connectivity index (χ0n) is 21.9. The Morgan fingerprint density at radius 1 is 0.892 bits per heavy atom. The van der Waals surface area contributed by atoms with Gasteiger partial charge in [-0.25, -0.2) is 10.2 Å². The van der Waals surface area contributed by atoms with Crippen molar-refractivity contribution in [3.05, 3.63) is 63.1 Å². The second-order valence-electron chi connectivity index (χ2n) is 9.34. The lowest BCUT2D eigenvalue weighted by Crippen LogP contribution is -2.17. The van der Waals surface area contributed by atoms with E-state index < -0.39 is 5.97 Å². The monoisotopic (exact) mass is 590 g/mol. The smallest absolute Gasteiger partial charge is 0.345 e. The van der Waals surface area contributed by atoms with E-state index in [-0.39, 0.29) is 11.5 Å². The number of benzene rings is 2. The predicted octanol–water partition coefficient (Wildman–Crippen LogP) is 9.25. The maximum Gasteiger partial charge on any atom is 0.345 e. The summed E-state index contributed by atoms with van der Waals surface area (Å²) in [7, 11) is 0. The second-order valence-corrected chi connectivity index (χ2v) is 10.7. The van der Waals surface area contributed by atoms with Crippen molar-refractivity contribution in [3.8, 4) is 5.75 Å². The average Bonchev–Trinajstić information content (AvgIpc) is 2.88. The summed E-state index contributed by atoms with van der Waals surface area (Å²) in [5.74, 6) is -0.361. The number of esters is 1. The van der Waals surface area contributed by atoms with E-state index in [0.717, 1.165) is 17.3 Å². The van der Waals surface area contributed by atoms with E-state index in [0.29, 0.717) is 22.8 Å². The van der Waals surface area contributed by atoms with Crippen LogP contribution >= 0.6 is 27.5 Å². The van der Waals surface area contributed by atoms with Crippen molar-refractivity contribution < 1.29 is 14.3 Å². The van der Waals surface area contributed by atoms with Gasteiger partial charge in [0.1, 0.15) is 5.75 Å². The highest BCUT2D eigenvalue weighted by Crippen LogP contribution is 2.24. The van der Waals surface area contributed by atoms with Crippen LogP contribution in [0.2, 0.25) is 5.02 Å². The van der Waals surface area contributed by atoms with Gasteiger partial charge in [0.2, 0.25) is 5.91 Å². The Labute approximate surface area is 235 Å². The molecule has 0 saturated heterocycles. The first-order valence-corrected chi connectivity index (χ1v) is 14.8. The number of halogens is 2. The van der Waals surface area contributed by atoms with E-state index in [1.165, 1.54) is 76.8 Å². The molecule has 2 aromatic carbocycles. The van der Waals surface area contributed by atoms with Crippen molar-refractivity contribution in [1.82, 2.24) is 5.43 Å². The van der Waals surface area contributed by atoms with Crippen molar-refractivity contribution in [1.29, 1.82) is 0 Å². The van der Waals surface area contributed by atoms with E-state index in [4.69, 9.17) is 16.3 Å². The highest BCUT2D eigenvalue weighted by molar-refractivity contribution is 9.10. The van der Waals surface area contributed by atoms with Gasteiger partial charge in [0.15, 0.2) is 0 Å². The minimum absolute atomic E-state index is 0.121. The van der Waals surface area contributed by atoms with Crippen molar-refractivity contribution in [2.24, 2.45) is 5.10 Å². The Hall–Kier alpha value is -2.18. The van der Waals surface area contributed by atoms with E-state index >= 15 is 0 Å². The summed E-state index contributed by atoms with van der Waals surface area (Å²) >= 11 is 9.51. The number of amides is 1. The Balaban J connectivity index is 1.64. The number of ether oxygens (including phenoxy) is 1. The highest BCUT2D eigenvalue weighted by Gasteiger charge is 2.14. The van der Waals surface area contributed by atoms with Crippen LogP contribution in [0.5, 0.6) is 5.75 Å². The molecule has 2 rings (SSSR count). The van der Waals surface area contributed by atoms with Gasteiger partial charge in [0.25, 0.3) is 0 Å². The standard InChI is InChI=1S/C30H40BrClN2O3/c1-2-3-4-5-6-7-8-9-10-11-12-13-14-19-29(35)34-33-23-24-22-25(31)20-21-28(24)37-30(36)26-17-15-16-18-27(26)32/h15-18,20-23H,2-14,19H2,1H3,(H,34,35)/b33-23+. The molecule has 1 N–H and O–H groups in total. The number of nitrogens with zero attached hydrogens (tertiary/aromatic N) is 1. The van der Waals surface area contributed by atoms with Crippen LogP contribution in [-0.4, -0.2) is 18.1 Å². The van der Waals surface area contributed by atoms with E-state index in [9.17, 15) is 9.59 Å². The molecule has 202 valence electrons. The van der Waals surface area contributed by atoms with Gasteiger partial charge in [0, 0.05) is 16.5 Å². The van der Waals surface area contributed by atoms with Gasteiger partial charge in [0.05, 0.1) is 16.8 Å². The molecule has 7 heteroatoms. The molecule has 0 aliphatic heterocycles. The van der Waals surface area contributed by atoms with Crippen molar-refractivity contribution in [3.63, 3.8) is 0 Å². The lowest BCUT2D eigenvalue weighted by molar-refractivity contribution is -0.121. The zero-order chi connectivity index (χ0) is 26.7. The van der Waals surface area contributed by atoms with Crippen molar-refractivity contribution in [2.45, 2.75) is 96.8 Å². The molecule has 0 unspecified atom stereocenters. The topological polar surface area (TPSA) is 67.8 Å². The first-order chi connectivity index (χ1) is 18.0. The minimum atomic E-state index is -0.561. The molecule has 0 radical (unpaired) electrons. The molecule has 5 nitrogen and oxygen atoms in total. The molecule has 0 aliphatic rings. The number of rotatable bonds is 18. The van der Waals surface area contributed by atoms with Crippen molar-refractivity contribution >= 4 is 45.6 Å². The third-order valence-corrected chi connectivity index (χ3v) is 6.99. The van der Waals surface area contributed by atoms with Gasteiger partial charge in [-0.3, -0.25) is 4.79 Å². The minimum Gasteiger partial charge on any atom is -0.422 e. The van der Waals surface area contributed by atoms with Gasteiger partial charge in [-0.2, -0.15) is 5.10 Å². The van der Waals surface area contributed by atoms with Crippen LogP contribution in [0.15, 0.2) is 52.0 Å². The number of hydrogen-bond donors (Lipinski definition) is 1. The Kier molecular flexibility index (Phi) is 15.9. The summed E-state index contributed by atoms with van der Waals surface area (Å²) in [6.07, 6.45) is 18.4. The number of hydrazone groups is 1. The summed E-state index contributed by atoms with van der Waals surface area (Å²) in [6, 6.07) is 11.9. The van der Waals surface area contributed by atoms with Crippen LogP contribution in [-0.2, 0) is 4.79 Å². The molecule has 0 spiro atoms. The molecule has 2 aromatic rings. The molecule has 0 saturated carbocycles. The van der Waals surface area contributed by atoms with Crippen LogP contribution in [0.1, 0.15) is 113 Å². The summed E-state index contributed by atoms with van der Waals surface area (Å²) in [5, 5.41) is 4.38. The summed E-state index contributed by atoms with van der Waals surface area (Å²) < 4.78 is 6.33. The Morgan fingerprint density at radius 3 is 2.11 bits per heavy atom. The third kappa shape index (κ3) is 13.3. The SMILES string of the molecule is CCCCCCCCCCCCCCCC(=O)N/N=C/c1cc(Br)ccc1OC(=O)c1ccccc1Cl. The molecule has 0 atom stereocenters. The predicted molar refractivity (Wildman–Crippen MR) is 157 cm³/mol. The maximum absolute atomic E-state index is 12.5. The lowest BCUT2D eigenvalue weighted by atomic mass is 10.0. The molecule has 0 heterocycles. The first kappa shape index (κ1) is 31.0. The second kappa shape index (κ2) is 19.0. The van der Waals surface area contributed by atoms with Gasteiger partial charge in [-0.05, 0) is 36.8 Å². The highest BCUT2D eigenvalue weighted by atomic mass is 79.9. The van der Waals surface area contributed by atoms with Crippen molar-refractivity contribution in [2.75, 3.05) is 0 Å². The largest absolute Gasteiger partial charge is 0.422 e. The average molecular weight is 592 g/mol. The summed E-state index contributed by atoms with van der Waals surface area (Å²) in [4.78, 5) is 24.7. The Morgan fingerprint density at radius 2 is 1.49 bits per heavy atom. The summed E-state index contributed by atoms with van der Waals surface area (Å²) in [5.41, 5.74) is 3.40. The number of unbranched alkanes of at least 4 members (excludes halogenated alkanes) is 12. The molecule has 0 bridgehead atoms. The van der Waals surface area contributed by atoms with Gasteiger partial charge in [-0.15, -0.1) is 0 Å². The molecule has 1 amide bonds. The van der Waals surface area contributed by atoms with Crippen LogP contribution in [0, 0.1) is 0 Å².